The van der Waals surface area contributed by atoms with Gasteiger partial charge in [0, 0.05) is 0 Å². The second-order valence-electron chi connectivity index (χ2n) is 7.48. The molecule has 0 aliphatic rings. The molecule has 0 aliphatic carbocycles. The largest absolute Gasteiger partial charge is 0.0590 e. The molecule has 2 aromatic rings. The molecule has 0 aliphatic heterocycles. The van der Waals surface area contributed by atoms with Crippen LogP contribution in [0.15, 0.2) is 36.4 Å². The fraction of sp³-hybridized carbons (Fsp3) is 0.500. The van der Waals surface area contributed by atoms with Crippen LogP contribution in [0.5, 0.6) is 0 Å². The van der Waals surface area contributed by atoms with Crippen molar-refractivity contribution in [3.8, 4) is 0 Å². The first-order valence-electron chi connectivity index (χ1n) is 9.68. The van der Waals surface area contributed by atoms with Gasteiger partial charge >= 0.3 is 0 Å². The van der Waals surface area contributed by atoms with Crippen molar-refractivity contribution in [3.05, 3.63) is 69.8 Å². The van der Waals surface area contributed by atoms with Crippen LogP contribution in [0.4, 0.5) is 0 Å². The van der Waals surface area contributed by atoms with E-state index in [2.05, 4.69) is 64.1 Å². The Morgan fingerprint density at radius 2 is 0.875 bits per heavy atom. The number of hydrogen-bond donors (Lipinski definition) is 0. The first-order chi connectivity index (χ1) is 11.6. The Labute approximate surface area is 149 Å². The molecular formula is C24H34. The standard InChI is InChI=1S/C24H34/c1-19-13-15-21(3)23(17-19)11-9-7-5-6-8-10-12-24-18-20(2)14-16-22(24)4/h13-18H,5-12H2,1-4H3. The summed E-state index contributed by atoms with van der Waals surface area (Å²) in [5.74, 6) is 0. The summed E-state index contributed by atoms with van der Waals surface area (Å²) in [7, 11) is 0. The van der Waals surface area contributed by atoms with E-state index in [1.165, 1.54) is 73.6 Å². The molecule has 0 aromatic heterocycles. The molecule has 24 heavy (non-hydrogen) atoms. The van der Waals surface area contributed by atoms with Gasteiger partial charge in [0.05, 0.1) is 0 Å². The van der Waals surface area contributed by atoms with Gasteiger partial charge in [0.15, 0.2) is 0 Å². The fourth-order valence-corrected chi connectivity index (χ4v) is 3.48. The first-order valence-corrected chi connectivity index (χ1v) is 9.68. The zero-order valence-corrected chi connectivity index (χ0v) is 16.1. The van der Waals surface area contributed by atoms with Crippen LogP contribution in [0.1, 0.15) is 71.9 Å². The van der Waals surface area contributed by atoms with Gasteiger partial charge in [-0.25, -0.2) is 0 Å². The molecule has 0 unspecified atom stereocenters. The highest BCUT2D eigenvalue weighted by Gasteiger charge is 2.01. The van der Waals surface area contributed by atoms with Crippen LogP contribution in [0.3, 0.4) is 0 Å². The van der Waals surface area contributed by atoms with Gasteiger partial charge in [0.2, 0.25) is 0 Å². The summed E-state index contributed by atoms with van der Waals surface area (Å²) in [4.78, 5) is 0. The molecule has 130 valence electrons. The lowest BCUT2D eigenvalue weighted by Crippen LogP contribution is -1.92. The molecule has 0 fully saturated rings. The normalized spacial score (nSPS) is 11.0. The Bertz CT molecular complexity index is 579. The summed E-state index contributed by atoms with van der Waals surface area (Å²) < 4.78 is 0. The van der Waals surface area contributed by atoms with Gasteiger partial charge in [-0.2, -0.15) is 0 Å². The Balaban J connectivity index is 1.57. The Morgan fingerprint density at radius 1 is 0.500 bits per heavy atom. The lowest BCUT2D eigenvalue weighted by molar-refractivity contribution is 0.593. The molecule has 0 saturated carbocycles. The average Bonchev–Trinajstić information content (AvgIpc) is 2.56. The van der Waals surface area contributed by atoms with E-state index in [-0.39, 0.29) is 0 Å². The summed E-state index contributed by atoms with van der Waals surface area (Å²) in [5, 5.41) is 0. The summed E-state index contributed by atoms with van der Waals surface area (Å²) in [6.07, 6.45) is 10.7. The van der Waals surface area contributed by atoms with Crippen LogP contribution in [-0.4, -0.2) is 0 Å². The van der Waals surface area contributed by atoms with Crippen LogP contribution in [0.25, 0.3) is 0 Å². The number of benzene rings is 2. The monoisotopic (exact) mass is 322 g/mol. The minimum absolute atomic E-state index is 1.25. The quantitative estimate of drug-likeness (QED) is 0.434. The number of rotatable bonds is 9. The van der Waals surface area contributed by atoms with E-state index in [0.717, 1.165) is 0 Å². The third-order valence-corrected chi connectivity index (χ3v) is 5.15. The van der Waals surface area contributed by atoms with E-state index in [0.29, 0.717) is 0 Å². The third kappa shape index (κ3) is 6.15. The topological polar surface area (TPSA) is 0 Å². The number of aryl methyl sites for hydroxylation is 6. The van der Waals surface area contributed by atoms with Crippen LogP contribution < -0.4 is 0 Å². The van der Waals surface area contributed by atoms with Crippen molar-refractivity contribution in [2.45, 2.75) is 79.1 Å². The minimum atomic E-state index is 1.25. The predicted octanol–water partition coefficient (Wildman–Crippen LogP) is 7.05. The van der Waals surface area contributed by atoms with Gasteiger partial charge in [-0.05, 0) is 75.6 Å². The van der Waals surface area contributed by atoms with Gasteiger partial charge in [0.1, 0.15) is 0 Å². The van der Waals surface area contributed by atoms with E-state index in [9.17, 15) is 0 Å². The second kappa shape index (κ2) is 9.67. The number of hydrogen-bond acceptors (Lipinski definition) is 0. The molecule has 0 radical (unpaired) electrons. The summed E-state index contributed by atoms with van der Waals surface area (Å²) in [6.45, 7) is 8.86. The minimum Gasteiger partial charge on any atom is -0.0590 e. The van der Waals surface area contributed by atoms with Crippen molar-refractivity contribution in [1.82, 2.24) is 0 Å². The van der Waals surface area contributed by atoms with Gasteiger partial charge in [-0.1, -0.05) is 73.2 Å². The van der Waals surface area contributed by atoms with Gasteiger partial charge in [0.25, 0.3) is 0 Å². The fourth-order valence-electron chi connectivity index (χ4n) is 3.48. The van der Waals surface area contributed by atoms with Crippen LogP contribution in [0.2, 0.25) is 0 Å². The Kier molecular flexibility index (Phi) is 7.56. The Hall–Kier alpha value is -1.56. The smallest absolute Gasteiger partial charge is 0.0276 e. The summed E-state index contributed by atoms with van der Waals surface area (Å²) >= 11 is 0. The van der Waals surface area contributed by atoms with Crippen molar-refractivity contribution in [3.63, 3.8) is 0 Å². The maximum absolute atomic E-state index is 2.36. The van der Waals surface area contributed by atoms with E-state index in [4.69, 9.17) is 0 Å². The molecular weight excluding hydrogens is 288 g/mol. The van der Waals surface area contributed by atoms with Gasteiger partial charge in [-0.3, -0.25) is 0 Å². The van der Waals surface area contributed by atoms with Crippen molar-refractivity contribution < 1.29 is 0 Å². The highest BCUT2D eigenvalue weighted by atomic mass is 14.1. The van der Waals surface area contributed by atoms with Gasteiger partial charge < -0.3 is 0 Å². The van der Waals surface area contributed by atoms with Crippen LogP contribution in [0, 0.1) is 27.7 Å². The second-order valence-corrected chi connectivity index (χ2v) is 7.48. The summed E-state index contributed by atoms with van der Waals surface area (Å²) in [6, 6.07) is 13.7. The van der Waals surface area contributed by atoms with E-state index >= 15 is 0 Å². The highest BCUT2D eigenvalue weighted by molar-refractivity contribution is 5.31. The van der Waals surface area contributed by atoms with Crippen LogP contribution in [-0.2, 0) is 12.8 Å². The molecule has 0 spiro atoms. The summed E-state index contributed by atoms with van der Waals surface area (Å²) in [5.41, 5.74) is 8.78. The highest BCUT2D eigenvalue weighted by Crippen LogP contribution is 2.17. The van der Waals surface area contributed by atoms with E-state index < -0.39 is 0 Å². The molecule has 2 aromatic carbocycles. The zero-order valence-electron chi connectivity index (χ0n) is 16.1. The molecule has 0 nitrogen and oxygen atoms in total. The Morgan fingerprint density at radius 3 is 1.29 bits per heavy atom. The maximum Gasteiger partial charge on any atom is -0.0276 e. The van der Waals surface area contributed by atoms with Crippen molar-refractivity contribution in [2.75, 3.05) is 0 Å². The molecule has 2 rings (SSSR count). The van der Waals surface area contributed by atoms with E-state index in [1.807, 2.05) is 0 Å². The molecule has 0 N–H and O–H groups in total. The molecule has 0 bridgehead atoms. The average molecular weight is 323 g/mol. The lowest BCUT2D eigenvalue weighted by atomic mass is 9.98. The maximum atomic E-state index is 2.36. The SMILES string of the molecule is Cc1ccc(C)c(CCCCCCCCc2cc(C)ccc2C)c1. The van der Waals surface area contributed by atoms with Crippen molar-refractivity contribution in [1.29, 1.82) is 0 Å². The van der Waals surface area contributed by atoms with Crippen molar-refractivity contribution >= 4 is 0 Å². The first kappa shape index (κ1) is 18.8. The molecule has 0 heterocycles. The van der Waals surface area contributed by atoms with Gasteiger partial charge in [-0.15, -0.1) is 0 Å². The van der Waals surface area contributed by atoms with Crippen molar-refractivity contribution in [2.24, 2.45) is 0 Å². The zero-order chi connectivity index (χ0) is 17.4. The molecule has 0 amide bonds. The lowest BCUT2D eigenvalue weighted by Gasteiger charge is -2.08. The molecule has 0 atom stereocenters. The van der Waals surface area contributed by atoms with E-state index in [1.54, 1.807) is 11.1 Å². The molecule has 0 saturated heterocycles. The predicted molar refractivity (Wildman–Crippen MR) is 107 cm³/mol. The third-order valence-electron chi connectivity index (χ3n) is 5.15. The molecule has 0 heteroatoms. The van der Waals surface area contributed by atoms with Crippen LogP contribution >= 0.6 is 0 Å². The number of unbranched alkanes of at least 4 members (excludes halogenated alkanes) is 5.